The van der Waals surface area contributed by atoms with Gasteiger partial charge in [-0.3, -0.25) is 10.3 Å². The molecular weight excluding hydrogens is 226 g/mol. The number of hydrogen-bond acceptors (Lipinski definition) is 4. The molecule has 1 N–H and O–H groups in total. The lowest BCUT2D eigenvalue weighted by Gasteiger charge is -2.03. The summed E-state index contributed by atoms with van der Waals surface area (Å²) in [5.41, 5.74) is 5.37. The first-order valence-corrected chi connectivity index (χ1v) is 5.83. The van der Waals surface area contributed by atoms with Gasteiger partial charge >= 0.3 is 0 Å². The van der Waals surface area contributed by atoms with Crippen LogP contribution in [0.1, 0.15) is 6.92 Å². The zero-order valence-corrected chi connectivity index (χ0v) is 10.2. The summed E-state index contributed by atoms with van der Waals surface area (Å²) >= 11 is 0. The molecule has 2 aromatic carbocycles. The first kappa shape index (κ1) is 12.3. The van der Waals surface area contributed by atoms with Crippen molar-refractivity contribution in [3.05, 3.63) is 54.6 Å². The van der Waals surface area contributed by atoms with Crippen LogP contribution in [0.2, 0.25) is 0 Å². The monoisotopic (exact) mass is 241 g/mol. The number of benzene rings is 2. The number of hydrogen-bond donors (Lipinski definition) is 1. The van der Waals surface area contributed by atoms with Gasteiger partial charge in [-0.2, -0.15) is 10.2 Å². The minimum absolute atomic E-state index is 0.621. The highest BCUT2D eigenvalue weighted by atomic mass is 16.6. The Balaban J connectivity index is 2.00. The predicted octanol–water partition coefficient (Wildman–Crippen LogP) is 4.47. The van der Waals surface area contributed by atoms with Gasteiger partial charge in [-0.25, -0.2) is 0 Å². The minimum Gasteiger partial charge on any atom is -0.276 e. The average Bonchev–Trinajstić information content (AvgIpc) is 2.45. The van der Waals surface area contributed by atoms with E-state index in [1.807, 2.05) is 61.5 Å². The van der Waals surface area contributed by atoms with Crippen molar-refractivity contribution in [1.82, 2.24) is 0 Å². The van der Waals surface area contributed by atoms with E-state index in [0.29, 0.717) is 6.61 Å². The molecule has 0 bridgehead atoms. The number of anilines is 1. The number of nitrogens with zero attached hydrogens (tertiary/aromatic N) is 2. The molecule has 0 fully saturated rings. The molecule has 0 saturated heterocycles. The fourth-order valence-corrected chi connectivity index (χ4v) is 1.36. The molecule has 0 spiro atoms. The maximum Gasteiger partial charge on any atom is 0.0858 e. The smallest absolute Gasteiger partial charge is 0.0858 e. The molecule has 0 atom stereocenters. The summed E-state index contributed by atoms with van der Waals surface area (Å²) in [5, 5.41) is 8.30. The Morgan fingerprint density at radius 2 is 1.50 bits per heavy atom. The van der Waals surface area contributed by atoms with Crippen LogP contribution in [0.3, 0.4) is 0 Å². The van der Waals surface area contributed by atoms with Gasteiger partial charge in [0.2, 0.25) is 0 Å². The van der Waals surface area contributed by atoms with Crippen LogP contribution in [0.15, 0.2) is 64.8 Å². The molecule has 0 unspecified atom stereocenters. The lowest BCUT2D eigenvalue weighted by atomic mass is 10.3. The Bertz CT molecular complexity index is 494. The summed E-state index contributed by atoms with van der Waals surface area (Å²) in [7, 11) is 0. The van der Waals surface area contributed by atoms with E-state index in [4.69, 9.17) is 4.84 Å². The Morgan fingerprint density at radius 1 is 0.889 bits per heavy atom. The van der Waals surface area contributed by atoms with Gasteiger partial charge in [-0.05, 0) is 43.3 Å². The number of nitrogens with one attached hydrogen (secondary N) is 1. The van der Waals surface area contributed by atoms with Gasteiger partial charge in [0.25, 0.3) is 0 Å². The molecule has 4 heteroatoms. The van der Waals surface area contributed by atoms with Crippen LogP contribution in [-0.2, 0) is 4.84 Å². The van der Waals surface area contributed by atoms with Crippen LogP contribution in [0.5, 0.6) is 0 Å². The van der Waals surface area contributed by atoms with E-state index >= 15 is 0 Å². The van der Waals surface area contributed by atoms with Crippen molar-refractivity contribution >= 4 is 17.1 Å². The zero-order chi connectivity index (χ0) is 12.6. The van der Waals surface area contributed by atoms with Crippen molar-refractivity contribution in [3.63, 3.8) is 0 Å². The largest absolute Gasteiger partial charge is 0.276 e. The third-order valence-corrected chi connectivity index (χ3v) is 2.24. The molecule has 0 heterocycles. The van der Waals surface area contributed by atoms with Crippen LogP contribution in [0.25, 0.3) is 0 Å². The van der Waals surface area contributed by atoms with E-state index in [1.165, 1.54) is 0 Å². The molecule has 18 heavy (non-hydrogen) atoms. The van der Waals surface area contributed by atoms with Gasteiger partial charge in [0.15, 0.2) is 0 Å². The van der Waals surface area contributed by atoms with Crippen molar-refractivity contribution in [2.45, 2.75) is 6.92 Å². The molecule has 0 aromatic heterocycles. The second-order valence-electron chi connectivity index (χ2n) is 3.62. The van der Waals surface area contributed by atoms with Crippen molar-refractivity contribution in [3.8, 4) is 0 Å². The molecule has 0 aliphatic heterocycles. The van der Waals surface area contributed by atoms with Crippen molar-refractivity contribution in [2.24, 2.45) is 10.2 Å². The molecule has 0 aliphatic rings. The average molecular weight is 241 g/mol. The first-order chi connectivity index (χ1) is 8.88. The van der Waals surface area contributed by atoms with Gasteiger partial charge in [0.1, 0.15) is 0 Å². The quantitative estimate of drug-likeness (QED) is 0.620. The lowest BCUT2D eigenvalue weighted by molar-refractivity contribution is 0.210. The Hall–Kier alpha value is -2.20. The van der Waals surface area contributed by atoms with Gasteiger partial charge < -0.3 is 0 Å². The molecule has 2 rings (SSSR count). The Labute approximate surface area is 106 Å². The maximum atomic E-state index is 5.08. The van der Waals surface area contributed by atoms with Gasteiger partial charge in [0.05, 0.1) is 23.7 Å². The summed E-state index contributed by atoms with van der Waals surface area (Å²) in [4.78, 5) is 5.08. The Kier molecular flexibility index (Phi) is 4.44. The summed E-state index contributed by atoms with van der Waals surface area (Å²) in [6.07, 6.45) is 0. The topological polar surface area (TPSA) is 46.0 Å². The number of azo groups is 1. The summed E-state index contributed by atoms with van der Waals surface area (Å²) in [5.74, 6) is 0. The van der Waals surface area contributed by atoms with Crippen LogP contribution in [0, 0.1) is 0 Å². The highest BCUT2D eigenvalue weighted by molar-refractivity contribution is 5.49. The third kappa shape index (κ3) is 3.68. The lowest BCUT2D eigenvalue weighted by Crippen LogP contribution is -1.99. The van der Waals surface area contributed by atoms with Crippen molar-refractivity contribution in [2.75, 3.05) is 12.1 Å². The zero-order valence-electron chi connectivity index (χ0n) is 10.2. The summed E-state index contributed by atoms with van der Waals surface area (Å²) in [6.45, 7) is 2.55. The van der Waals surface area contributed by atoms with Crippen LogP contribution >= 0.6 is 0 Å². The highest BCUT2D eigenvalue weighted by Crippen LogP contribution is 2.19. The fourth-order valence-electron chi connectivity index (χ4n) is 1.36. The summed E-state index contributed by atoms with van der Waals surface area (Å²) < 4.78 is 0. The molecule has 4 nitrogen and oxygen atoms in total. The van der Waals surface area contributed by atoms with Crippen molar-refractivity contribution in [1.29, 1.82) is 0 Å². The van der Waals surface area contributed by atoms with Crippen LogP contribution in [-0.4, -0.2) is 6.61 Å². The fraction of sp³-hybridized carbons (Fsp3) is 0.143. The van der Waals surface area contributed by atoms with Gasteiger partial charge in [-0.15, -0.1) is 0 Å². The predicted molar refractivity (Wildman–Crippen MR) is 72.3 cm³/mol. The van der Waals surface area contributed by atoms with E-state index in [0.717, 1.165) is 17.1 Å². The van der Waals surface area contributed by atoms with Crippen molar-refractivity contribution < 1.29 is 4.84 Å². The van der Waals surface area contributed by atoms with E-state index in [2.05, 4.69) is 15.7 Å². The molecule has 0 radical (unpaired) electrons. The molecule has 0 amide bonds. The van der Waals surface area contributed by atoms with E-state index < -0.39 is 0 Å². The van der Waals surface area contributed by atoms with Crippen LogP contribution in [0.4, 0.5) is 17.1 Å². The second-order valence-corrected chi connectivity index (χ2v) is 3.62. The highest BCUT2D eigenvalue weighted by Gasteiger charge is 1.93. The second kappa shape index (κ2) is 6.51. The molecular formula is C14H15N3O. The van der Waals surface area contributed by atoms with E-state index in [9.17, 15) is 0 Å². The first-order valence-electron chi connectivity index (χ1n) is 5.83. The standard InChI is InChI=1S/C14H15N3O/c1-2-18-17-14-10-8-13(9-11-14)16-15-12-6-4-3-5-7-12/h3-11,17H,2H2,1H3. The van der Waals surface area contributed by atoms with Crippen LogP contribution < -0.4 is 5.48 Å². The maximum absolute atomic E-state index is 5.08. The molecule has 92 valence electrons. The molecule has 0 aliphatic carbocycles. The minimum atomic E-state index is 0.621. The Morgan fingerprint density at radius 3 is 2.11 bits per heavy atom. The summed E-state index contributed by atoms with van der Waals surface area (Å²) in [6, 6.07) is 17.2. The van der Waals surface area contributed by atoms with E-state index in [-0.39, 0.29) is 0 Å². The SMILES string of the molecule is CCONc1ccc(N=Nc2ccccc2)cc1. The normalized spacial score (nSPS) is 10.7. The third-order valence-electron chi connectivity index (χ3n) is 2.24. The van der Waals surface area contributed by atoms with Gasteiger partial charge in [0, 0.05) is 0 Å². The van der Waals surface area contributed by atoms with E-state index in [1.54, 1.807) is 0 Å². The molecule has 0 saturated carbocycles. The van der Waals surface area contributed by atoms with Gasteiger partial charge in [-0.1, -0.05) is 18.2 Å². The molecule has 2 aromatic rings. The number of rotatable bonds is 5.